The Bertz CT molecular complexity index is 687. The van der Waals surface area contributed by atoms with Gasteiger partial charge in [0.2, 0.25) is 5.91 Å². The number of aryl methyl sites for hydroxylation is 1. The molecule has 1 atom stereocenters. The van der Waals surface area contributed by atoms with Gasteiger partial charge in [-0.05, 0) is 18.9 Å². The third-order valence-corrected chi connectivity index (χ3v) is 4.38. The molecule has 1 aliphatic rings. The van der Waals surface area contributed by atoms with Gasteiger partial charge in [-0.15, -0.1) is 0 Å². The summed E-state index contributed by atoms with van der Waals surface area (Å²) in [5, 5.41) is 3.70. The number of carbonyl (C=O) groups is 1. The summed E-state index contributed by atoms with van der Waals surface area (Å²) < 4.78 is 0. The molecule has 0 aliphatic carbocycles. The van der Waals surface area contributed by atoms with E-state index in [4.69, 9.17) is 11.6 Å². The van der Waals surface area contributed by atoms with E-state index in [1.165, 1.54) is 5.56 Å². The van der Waals surface area contributed by atoms with E-state index in [1.807, 2.05) is 30.0 Å². The molecule has 0 spiro atoms. The van der Waals surface area contributed by atoms with Crippen LogP contribution >= 0.6 is 11.6 Å². The van der Waals surface area contributed by atoms with Crippen LogP contribution in [0, 0.1) is 12.8 Å². The fourth-order valence-corrected chi connectivity index (χ4v) is 3.21. The molecule has 2 aromatic rings. The van der Waals surface area contributed by atoms with Crippen LogP contribution in [0.1, 0.15) is 17.8 Å². The number of amides is 1. The van der Waals surface area contributed by atoms with Gasteiger partial charge in [-0.2, -0.15) is 0 Å². The Morgan fingerprint density at radius 2 is 2.08 bits per heavy atom. The molecule has 0 unspecified atom stereocenters. The lowest BCUT2D eigenvalue weighted by Gasteiger charge is -2.17. The van der Waals surface area contributed by atoms with Crippen LogP contribution in [0.15, 0.2) is 36.4 Å². The van der Waals surface area contributed by atoms with E-state index in [0.717, 1.165) is 19.5 Å². The molecule has 0 saturated carbocycles. The van der Waals surface area contributed by atoms with Gasteiger partial charge in [-0.3, -0.25) is 4.79 Å². The van der Waals surface area contributed by atoms with Crippen molar-refractivity contribution >= 4 is 23.3 Å². The number of carbonyl (C=O) groups excluding carboxylic acids is 1. The van der Waals surface area contributed by atoms with Crippen molar-refractivity contribution in [3.63, 3.8) is 0 Å². The van der Waals surface area contributed by atoms with E-state index in [9.17, 15) is 4.79 Å². The predicted octanol–water partition coefficient (Wildman–Crippen LogP) is 2.94. The van der Waals surface area contributed by atoms with Crippen LogP contribution in [-0.2, 0) is 11.2 Å². The van der Waals surface area contributed by atoms with Crippen molar-refractivity contribution < 1.29 is 4.79 Å². The third-order valence-electron chi connectivity index (χ3n) is 4.19. The van der Waals surface area contributed by atoms with Gasteiger partial charge < -0.3 is 10.2 Å². The Morgan fingerprint density at radius 3 is 2.83 bits per heavy atom. The average Bonchev–Trinajstić information content (AvgIpc) is 2.91. The largest absolute Gasteiger partial charge is 0.370 e. The zero-order valence-electron chi connectivity index (χ0n) is 13.7. The lowest BCUT2D eigenvalue weighted by atomic mass is 10.1. The van der Waals surface area contributed by atoms with Crippen LogP contribution in [0.3, 0.4) is 0 Å². The lowest BCUT2D eigenvalue weighted by Crippen LogP contribution is -2.28. The van der Waals surface area contributed by atoms with Crippen molar-refractivity contribution in [2.45, 2.75) is 19.8 Å². The van der Waals surface area contributed by atoms with Gasteiger partial charge in [0, 0.05) is 38.0 Å². The number of anilines is 1. The van der Waals surface area contributed by atoms with Crippen LogP contribution < -0.4 is 5.32 Å². The molecule has 1 amide bonds. The summed E-state index contributed by atoms with van der Waals surface area (Å²) in [6.45, 7) is 4.08. The molecule has 1 fully saturated rings. The van der Waals surface area contributed by atoms with Gasteiger partial charge in [0.25, 0.3) is 0 Å². The number of nitrogens with one attached hydrogen (secondary N) is 1. The minimum absolute atomic E-state index is 0.231. The highest BCUT2D eigenvalue weighted by molar-refractivity contribution is 6.29. The molecule has 126 valence electrons. The highest BCUT2D eigenvalue weighted by Crippen LogP contribution is 2.19. The van der Waals surface area contributed by atoms with Gasteiger partial charge >= 0.3 is 0 Å². The van der Waals surface area contributed by atoms with E-state index >= 15 is 0 Å². The van der Waals surface area contributed by atoms with Crippen LogP contribution in [0.5, 0.6) is 0 Å². The quantitative estimate of drug-likeness (QED) is 0.818. The SMILES string of the molecule is Cc1nc(Cl)cc(NC[C@@H]2CC(=O)N(CCc3ccccc3)C2)n1. The number of benzene rings is 1. The predicted molar refractivity (Wildman–Crippen MR) is 95.1 cm³/mol. The first kappa shape index (κ1) is 16.7. The van der Waals surface area contributed by atoms with Crippen molar-refractivity contribution in [1.82, 2.24) is 14.9 Å². The number of halogens is 1. The molecule has 5 nitrogen and oxygen atoms in total. The maximum absolute atomic E-state index is 12.2. The zero-order chi connectivity index (χ0) is 16.9. The summed E-state index contributed by atoms with van der Waals surface area (Å²) >= 11 is 5.94. The summed E-state index contributed by atoms with van der Waals surface area (Å²) in [5.41, 5.74) is 1.26. The van der Waals surface area contributed by atoms with Crippen molar-refractivity contribution in [3.05, 3.63) is 52.9 Å². The number of rotatable bonds is 6. The highest BCUT2D eigenvalue weighted by atomic mass is 35.5. The fraction of sp³-hybridized carbons (Fsp3) is 0.389. The molecule has 1 aromatic heterocycles. The van der Waals surface area contributed by atoms with Crippen LogP contribution in [0.2, 0.25) is 5.15 Å². The van der Waals surface area contributed by atoms with Crippen LogP contribution in [-0.4, -0.2) is 40.4 Å². The van der Waals surface area contributed by atoms with E-state index in [2.05, 4.69) is 27.4 Å². The lowest BCUT2D eigenvalue weighted by molar-refractivity contribution is -0.127. The molecule has 3 rings (SSSR count). The first-order chi connectivity index (χ1) is 11.6. The number of aromatic nitrogens is 2. The Labute approximate surface area is 147 Å². The first-order valence-electron chi connectivity index (χ1n) is 8.17. The summed E-state index contributed by atoms with van der Waals surface area (Å²) in [6.07, 6.45) is 1.48. The maximum Gasteiger partial charge on any atom is 0.223 e. The second-order valence-electron chi connectivity index (χ2n) is 6.15. The molecule has 24 heavy (non-hydrogen) atoms. The van der Waals surface area contributed by atoms with E-state index in [-0.39, 0.29) is 5.91 Å². The van der Waals surface area contributed by atoms with Crippen molar-refractivity contribution in [1.29, 1.82) is 0 Å². The van der Waals surface area contributed by atoms with E-state index in [1.54, 1.807) is 6.07 Å². The van der Waals surface area contributed by atoms with E-state index in [0.29, 0.717) is 35.7 Å². The number of hydrogen-bond acceptors (Lipinski definition) is 4. The van der Waals surface area contributed by atoms with Crippen molar-refractivity contribution in [2.75, 3.05) is 25.0 Å². The molecule has 0 bridgehead atoms. The average molecular weight is 345 g/mol. The number of hydrogen-bond donors (Lipinski definition) is 1. The number of nitrogens with zero attached hydrogens (tertiary/aromatic N) is 3. The summed E-state index contributed by atoms with van der Waals surface area (Å²) in [6, 6.07) is 12.0. The Balaban J connectivity index is 1.49. The fourth-order valence-electron chi connectivity index (χ4n) is 2.99. The second-order valence-corrected chi connectivity index (χ2v) is 6.54. The van der Waals surface area contributed by atoms with Crippen molar-refractivity contribution in [2.24, 2.45) is 5.92 Å². The highest BCUT2D eigenvalue weighted by Gasteiger charge is 2.29. The molecular formula is C18H21ClN4O. The van der Waals surface area contributed by atoms with Crippen LogP contribution in [0.4, 0.5) is 5.82 Å². The standard InChI is InChI=1S/C18H21ClN4O/c1-13-21-16(19)10-17(22-13)20-11-15-9-18(24)23(12-15)8-7-14-5-3-2-4-6-14/h2-6,10,15H,7-9,11-12H2,1H3,(H,20,21,22)/t15-/m0/s1. The summed E-state index contributed by atoms with van der Waals surface area (Å²) in [7, 11) is 0. The topological polar surface area (TPSA) is 58.1 Å². The normalized spacial score (nSPS) is 17.3. The third kappa shape index (κ3) is 4.45. The Hall–Kier alpha value is -2.14. The molecule has 0 radical (unpaired) electrons. The molecular weight excluding hydrogens is 324 g/mol. The van der Waals surface area contributed by atoms with E-state index < -0.39 is 0 Å². The molecule has 2 heterocycles. The summed E-state index contributed by atoms with van der Waals surface area (Å²) in [4.78, 5) is 22.5. The minimum atomic E-state index is 0.231. The molecule has 1 saturated heterocycles. The first-order valence-corrected chi connectivity index (χ1v) is 8.54. The zero-order valence-corrected chi connectivity index (χ0v) is 14.5. The molecule has 1 aromatic carbocycles. The smallest absolute Gasteiger partial charge is 0.223 e. The molecule has 1 aliphatic heterocycles. The van der Waals surface area contributed by atoms with Gasteiger partial charge in [-0.25, -0.2) is 9.97 Å². The maximum atomic E-state index is 12.2. The van der Waals surface area contributed by atoms with Gasteiger partial charge in [0.05, 0.1) is 0 Å². The Morgan fingerprint density at radius 1 is 1.29 bits per heavy atom. The van der Waals surface area contributed by atoms with Gasteiger partial charge in [0.15, 0.2) is 0 Å². The van der Waals surface area contributed by atoms with Crippen molar-refractivity contribution in [3.8, 4) is 0 Å². The van der Waals surface area contributed by atoms with Crippen LogP contribution in [0.25, 0.3) is 0 Å². The number of likely N-dealkylation sites (tertiary alicyclic amines) is 1. The monoisotopic (exact) mass is 344 g/mol. The van der Waals surface area contributed by atoms with Gasteiger partial charge in [0.1, 0.15) is 16.8 Å². The van der Waals surface area contributed by atoms with Gasteiger partial charge in [-0.1, -0.05) is 41.9 Å². The minimum Gasteiger partial charge on any atom is -0.370 e. The Kier molecular flexibility index (Phi) is 5.30. The second kappa shape index (κ2) is 7.62. The molecule has 1 N–H and O–H groups in total. The summed E-state index contributed by atoms with van der Waals surface area (Å²) in [5.74, 6) is 1.87. The molecule has 6 heteroatoms.